The highest BCUT2D eigenvalue weighted by molar-refractivity contribution is 8.76. The van der Waals surface area contributed by atoms with E-state index in [-0.39, 0.29) is 135 Å². The Hall–Kier alpha value is -11.4. The molecule has 734 valence electrons. The van der Waals surface area contributed by atoms with E-state index in [0.717, 1.165) is 31.4 Å². The molecule has 2 heterocycles. The molecule has 3 aromatic carbocycles. The number of alkyl carbamates (subject to hydrolysis) is 1. The second-order valence-corrected chi connectivity index (χ2v) is 37.0. The summed E-state index contributed by atoms with van der Waals surface area (Å²) in [6.45, 7) is 17.1. The van der Waals surface area contributed by atoms with Gasteiger partial charge in [0.05, 0.1) is 48.6 Å². The molecule has 133 heavy (non-hydrogen) atoms. The number of esters is 1. The molecule has 4 aromatic rings. The number of thiazole rings is 1. The zero-order chi connectivity index (χ0) is 99.0. The number of nitrogens with zero attached hydrogens (tertiary/aromatic N) is 3. The minimum Gasteiger partial charge on any atom is -0.508 e. The Labute approximate surface area is 786 Å². The molecule has 14 atom stereocenters. The smallest absolute Gasteiger partial charge is 0.407 e. The van der Waals surface area contributed by atoms with Gasteiger partial charge in [0.25, 0.3) is 5.91 Å². The van der Waals surface area contributed by atoms with Gasteiger partial charge in [0.1, 0.15) is 29.6 Å². The van der Waals surface area contributed by atoms with Crippen LogP contribution in [0.4, 0.5) is 9.59 Å². The van der Waals surface area contributed by atoms with Gasteiger partial charge in [0.2, 0.25) is 29.5 Å². The lowest BCUT2D eigenvalue weighted by Crippen LogP contribution is -2.53. The second-order valence-electron chi connectivity index (χ2n) is 33.3. The van der Waals surface area contributed by atoms with E-state index in [2.05, 4.69) is 36.8 Å². The number of rotatable bonds is 61. The van der Waals surface area contributed by atoms with Crippen molar-refractivity contribution < 1.29 is 126 Å². The standard InChI is InChI=1S/C46H61N7O17S2.C46H71N5O9S/c1-2-71-72-25-29(43(64)65)22-36(55)34(23-40(60)61)51-42(63)30(47)24-49-41(62)28(19-26-9-5-3-6-10-26)21-35(54)33(20-27-11-7-4-8-12-27)50-38(57)17-18-48-37(56)15-13-31(44(66)67)52-46(70)53-32(45(68)69)14-16-39(58)59;1-10-15-42(55)60-28-51(45(57)36(30(6)11-2)25-40(53)38-16-13-14-21-50(38)9)39(29(4)5)23-32(8)44-49-37(27-61-44)43(56)48-34(24-33-17-19-35(52)20-18-33)22-31(7)41(54)26-47-46(58)59-12-3/h3-12,28-34H,2,13-25,47H2,1H3,(H,48,56)(H,49,62)(H,50,57)(H,51,63)(H,58,59)(H,60,61)(H,64,65)(H,66,67)(H,68,69)(H2,52,53,70);17-20,27,29-32,34,36,38-39,52H,10-16,21-26,28H2,1-9H3,(H,47,58)(H,48,56)/t28-,29-,30+,31+,32+,33+,34+;30?,31-,32+,34+,36-,38+,39+/m10/s1. The quantitative estimate of drug-likeness (QED) is 0.00873. The van der Waals surface area contributed by atoms with Gasteiger partial charge in [-0.25, -0.2) is 24.2 Å². The first kappa shape index (κ1) is 114. The van der Waals surface area contributed by atoms with Crippen LogP contribution in [-0.4, -0.2) is 258 Å². The topological polar surface area (TPSA) is 589 Å². The zero-order valence-corrected chi connectivity index (χ0v) is 79.6. The van der Waals surface area contributed by atoms with Crippen molar-refractivity contribution in [2.75, 3.05) is 58.1 Å². The number of carbonyl (C=O) groups is 18. The van der Waals surface area contributed by atoms with Crippen molar-refractivity contribution in [3.05, 3.63) is 118 Å². The molecule has 41 heteroatoms. The summed E-state index contributed by atoms with van der Waals surface area (Å²) in [7, 11) is 4.59. The third-order valence-corrected chi connectivity index (χ3v) is 26.0. The number of nitrogens with one attached hydrogen (secondary N) is 8. The minimum atomic E-state index is -1.66. The molecular formula is C92H132N12O26S3. The summed E-state index contributed by atoms with van der Waals surface area (Å²) >= 11 is 1.34. The normalized spacial score (nSPS) is 15.4. The van der Waals surface area contributed by atoms with Gasteiger partial charge in [0, 0.05) is 111 Å². The van der Waals surface area contributed by atoms with Crippen LogP contribution in [0.1, 0.15) is 210 Å². The highest BCUT2D eigenvalue weighted by atomic mass is 33.1. The third-order valence-electron chi connectivity index (χ3n) is 22.4. The van der Waals surface area contributed by atoms with Gasteiger partial charge in [-0.1, -0.05) is 163 Å². The molecule has 0 spiro atoms. The summed E-state index contributed by atoms with van der Waals surface area (Å²) in [6, 6.07) is 13.9. The number of amides is 9. The summed E-state index contributed by atoms with van der Waals surface area (Å²) in [5.41, 5.74) is 8.44. The van der Waals surface area contributed by atoms with Crippen LogP contribution in [0.2, 0.25) is 0 Å². The highest BCUT2D eigenvalue weighted by Gasteiger charge is 2.40. The molecule has 38 nitrogen and oxygen atoms in total. The van der Waals surface area contributed by atoms with E-state index in [9.17, 15) is 112 Å². The average molecular weight is 1920 g/mol. The summed E-state index contributed by atoms with van der Waals surface area (Å²) in [6.07, 6.45) is 0.753. The Balaban J connectivity index is 0.000000564. The van der Waals surface area contributed by atoms with Gasteiger partial charge in [0.15, 0.2) is 29.9 Å². The van der Waals surface area contributed by atoms with Crippen molar-refractivity contribution in [1.29, 1.82) is 0 Å². The van der Waals surface area contributed by atoms with E-state index in [1.54, 1.807) is 109 Å². The van der Waals surface area contributed by atoms with Crippen LogP contribution < -0.4 is 48.3 Å². The lowest BCUT2D eigenvalue weighted by atomic mass is 9.82. The first-order valence-corrected chi connectivity index (χ1v) is 48.1. The largest absolute Gasteiger partial charge is 0.508 e. The number of phenols is 1. The van der Waals surface area contributed by atoms with Crippen molar-refractivity contribution >= 4 is 139 Å². The lowest BCUT2D eigenvalue weighted by Gasteiger charge is -2.39. The number of benzene rings is 3. The first-order valence-electron chi connectivity index (χ1n) is 44.7. The Morgan fingerprint density at radius 2 is 1.20 bits per heavy atom. The fourth-order valence-electron chi connectivity index (χ4n) is 14.6. The molecule has 1 aliphatic heterocycles. The van der Waals surface area contributed by atoms with Crippen LogP contribution in [0.15, 0.2) is 90.3 Å². The Morgan fingerprint density at radius 3 is 1.77 bits per heavy atom. The van der Waals surface area contributed by atoms with E-state index in [0.29, 0.717) is 47.6 Å². The van der Waals surface area contributed by atoms with Crippen LogP contribution in [-0.2, 0) is 101 Å². The number of carbonyl (C=O) groups excluding carboxylic acids is 13. The van der Waals surface area contributed by atoms with Gasteiger partial charge in [-0.2, -0.15) is 0 Å². The predicted octanol–water partition coefficient (Wildman–Crippen LogP) is 7.64. The van der Waals surface area contributed by atoms with Gasteiger partial charge in [-0.15, -0.1) is 11.3 Å². The van der Waals surface area contributed by atoms with Crippen molar-refractivity contribution in [2.24, 2.45) is 41.2 Å². The van der Waals surface area contributed by atoms with Crippen LogP contribution >= 0.6 is 32.9 Å². The number of phenolic OH excluding ortho intramolecular Hbond substituents is 1. The van der Waals surface area contributed by atoms with E-state index in [1.165, 1.54) is 32.9 Å². The van der Waals surface area contributed by atoms with Gasteiger partial charge in [-0.05, 0) is 125 Å². The SMILES string of the molecule is CCCC(=O)OCN(C(=O)[C@@H](CC(=O)[C@H]1CCCCN1C)C(C)CC)[C@H](C[C@@H](C)c1nc(C(=O)N[C@@H](Cc2ccc(O)cc2)C[C@H](C)C(=O)CNC(=O)OCC)cs1)C(C)C.CCSSC[C@@H](CC(=O)[C@H](CC(=O)O)NC(=O)[C@@H](N)CNC(=O)[C@@H](CC(=O)[C@H](Cc1ccccc1)NC(=O)CCNC(=O)CC[C@H](NC(=O)N[C@@H](CCC(=O)O)C(=O)O)C(=O)O)Cc1ccccc1)C(=O)O. The van der Waals surface area contributed by atoms with Crippen molar-refractivity contribution in [3.8, 4) is 5.75 Å². The Bertz CT molecular complexity index is 4490. The fraction of sp³-hybridized carbons (Fsp3) is 0.576. The molecule has 5 rings (SSSR count). The fourth-order valence-corrected chi connectivity index (χ4v) is 17.4. The number of hydrogen-bond acceptors (Lipinski definition) is 27. The maximum atomic E-state index is 14.8. The maximum Gasteiger partial charge on any atom is 0.407 e. The molecule has 1 aliphatic rings. The summed E-state index contributed by atoms with van der Waals surface area (Å²) in [5, 5.41) is 78.3. The molecule has 1 unspecified atom stereocenters. The van der Waals surface area contributed by atoms with E-state index in [4.69, 9.17) is 25.3 Å². The predicted molar refractivity (Wildman–Crippen MR) is 496 cm³/mol. The summed E-state index contributed by atoms with van der Waals surface area (Å²) in [4.78, 5) is 238. The van der Waals surface area contributed by atoms with Crippen molar-refractivity contribution in [1.82, 2.24) is 57.3 Å². The van der Waals surface area contributed by atoms with Crippen LogP contribution in [0, 0.1) is 35.5 Å². The van der Waals surface area contributed by atoms with E-state index in [1.807, 2.05) is 66.1 Å². The summed E-state index contributed by atoms with van der Waals surface area (Å²) in [5.74, 6) is -15.6. The number of likely N-dealkylation sites (tertiary alicyclic amines) is 1. The number of ketones is 4. The molecule has 0 saturated carbocycles. The number of nitrogens with two attached hydrogens (primary N) is 1. The molecule has 1 aromatic heterocycles. The number of Topliss-reactive ketones (excluding diaryl/α,β-unsaturated/α-hetero) is 4. The molecule has 0 aliphatic carbocycles. The average Bonchev–Trinajstić information content (AvgIpc) is 1.51. The monoisotopic (exact) mass is 1920 g/mol. The summed E-state index contributed by atoms with van der Waals surface area (Å²) < 4.78 is 10.6. The Morgan fingerprint density at radius 1 is 0.594 bits per heavy atom. The number of carboxylic acid groups (broad SMARTS) is 5. The lowest BCUT2D eigenvalue weighted by molar-refractivity contribution is -0.160. The zero-order valence-electron chi connectivity index (χ0n) is 77.1. The number of urea groups is 1. The first-order chi connectivity index (χ1) is 63.1. The maximum absolute atomic E-state index is 14.8. The molecule has 0 bridgehead atoms. The number of hydrogen-bond donors (Lipinski definition) is 15. The van der Waals surface area contributed by atoms with Gasteiger partial charge < -0.3 is 93.3 Å². The van der Waals surface area contributed by atoms with E-state index >= 15 is 0 Å². The highest BCUT2D eigenvalue weighted by Crippen LogP contribution is 2.34. The molecule has 9 amide bonds. The van der Waals surface area contributed by atoms with Gasteiger partial charge >= 0.3 is 47.9 Å². The number of aromatic nitrogens is 1. The number of carboxylic acids is 5. The second kappa shape index (κ2) is 60.7. The van der Waals surface area contributed by atoms with Crippen LogP contribution in [0.3, 0.4) is 0 Å². The third kappa shape index (κ3) is 43.0. The van der Waals surface area contributed by atoms with Crippen LogP contribution in [0.25, 0.3) is 0 Å². The van der Waals surface area contributed by atoms with Crippen molar-refractivity contribution in [3.63, 3.8) is 0 Å². The molecule has 1 saturated heterocycles. The number of likely N-dealkylation sites (N-methyl/N-ethyl adjacent to an activating group) is 1. The molecule has 16 N–H and O–H groups in total. The minimum absolute atomic E-state index is 0.00754. The van der Waals surface area contributed by atoms with Crippen LogP contribution in [0.5, 0.6) is 5.75 Å². The number of aliphatic carboxylic acids is 5. The van der Waals surface area contributed by atoms with E-state index < -0.39 is 194 Å². The Kier molecular flexibility index (Phi) is 51.9. The van der Waals surface area contributed by atoms with Crippen molar-refractivity contribution in [2.45, 2.75) is 245 Å². The van der Waals surface area contributed by atoms with Gasteiger partial charge in [-0.3, -0.25) is 72.0 Å². The number of piperidine rings is 1. The molecule has 1 fully saturated rings. The molecule has 0 radical (unpaired) electrons. The number of ether oxygens (including phenoxy) is 2. The number of aromatic hydroxyl groups is 1. The molecular weight excluding hydrogens is 1790 g/mol.